The van der Waals surface area contributed by atoms with Gasteiger partial charge in [-0.2, -0.15) is 0 Å². The molecule has 0 aliphatic heterocycles. The first-order chi connectivity index (χ1) is 8.75. The van der Waals surface area contributed by atoms with Crippen LogP contribution < -0.4 is 2.81 Å². The first-order valence-corrected chi connectivity index (χ1v) is 7.12. The first kappa shape index (κ1) is 10.6. The van der Waals surface area contributed by atoms with E-state index in [2.05, 4.69) is 36.4 Å². The van der Waals surface area contributed by atoms with Crippen LogP contribution in [0.5, 0.6) is 5.75 Å². The molecule has 0 unspecified atom stereocenters. The van der Waals surface area contributed by atoms with Crippen LogP contribution in [0, 0.1) is 0 Å². The number of phenols is 1. The van der Waals surface area contributed by atoms with E-state index in [1.165, 1.54) is 29.7 Å². The van der Waals surface area contributed by atoms with E-state index in [-0.39, 0.29) is 0 Å². The van der Waals surface area contributed by atoms with E-state index in [9.17, 15) is 5.11 Å². The van der Waals surface area contributed by atoms with Crippen molar-refractivity contribution in [3.63, 3.8) is 0 Å². The fourth-order valence-electron chi connectivity index (χ4n) is 2.99. The quantitative estimate of drug-likeness (QED) is 0.370. The van der Waals surface area contributed by atoms with E-state index in [1.54, 1.807) is 0 Å². The molecule has 0 saturated heterocycles. The minimum absolute atomic E-state index is 0.408. The number of hydrogen-bond acceptors (Lipinski definition) is 1. The van der Waals surface area contributed by atoms with Crippen LogP contribution in [-0.2, 0) is 0 Å². The van der Waals surface area contributed by atoms with Gasteiger partial charge in [-0.15, -0.1) is 0 Å². The standard InChI is InChI=1S/C16H9O.Na/c17-14-9-7-12-5-4-10-2-1-3-11-6-8-13(14)16(12)15(10)11;/h1-6,8-9,17H;. The molecule has 80 valence electrons. The number of phenolic OH excluding ortho intramolecular Hbond substituents is 1. The number of hydrogen-bond donors (Lipinski definition) is 1. The Bertz CT molecular complexity index is 829. The van der Waals surface area contributed by atoms with Crippen molar-refractivity contribution in [2.45, 2.75) is 0 Å². The fraction of sp³-hybridized carbons (Fsp3) is 0. The zero-order valence-electron chi connectivity index (χ0n) is 10.1. The summed E-state index contributed by atoms with van der Waals surface area (Å²) in [5, 5.41) is 17.4. The SMILES string of the molecule is Oc1c[c]([Na])c2ccc3cccc4ccc1c2c43. The molecule has 0 bridgehead atoms. The molecule has 0 heterocycles. The Morgan fingerprint density at radius 3 is 2.17 bits per heavy atom. The summed E-state index contributed by atoms with van der Waals surface area (Å²) in [6.45, 7) is 0. The second-order valence-corrected chi connectivity index (χ2v) is 5.97. The summed E-state index contributed by atoms with van der Waals surface area (Å²) in [5.74, 6) is 0.408. The summed E-state index contributed by atoms with van der Waals surface area (Å²) < 4.78 is 1.26. The van der Waals surface area contributed by atoms with Crippen molar-refractivity contribution in [1.82, 2.24) is 0 Å². The Balaban J connectivity index is 2.48. The molecule has 2 heteroatoms. The van der Waals surface area contributed by atoms with Gasteiger partial charge in [0.1, 0.15) is 0 Å². The van der Waals surface area contributed by atoms with Crippen LogP contribution in [0.1, 0.15) is 0 Å². The third-order valence-electron chi connectivity index (χ3n) is 3.83. The summed E-state index contributed by atoms with van der Waals surface area (Å²) >= 11 is 0.947. The zero-order chi connectivity index (χ0) is 12.3. The molecule has 0 amide bonds. The number of aromatic hydroxyl groups is 1. The Kier molecular flexibility index (Phi) is 2.13. The minimum atomic E-state index is 0.408. The van der Waals surface area contributed by atoms with Crippen LogP contribution in [0.25, 0.3) is 32.3 Å². The summed E-state index contributed by atoms with van der Waals surface area (Å²) in [7, 11) is 0. The van der Waals surface area contributed by atoms with Gasteiger partial charge in [0.15, 0.2) is 0 Å². The van der Waals surface area contributed by atoms with Gasteiger partial charge in [-0.1, -0.05) is 0 Å². The molecule has 0 fully saturated rings. The van der Waals surface area contributed by atoms with Crippen LogP contribution >= 0.6 is 0 Å². The third-order valence-corrected chi connectivity index (χ3v) is 4.66. The van der Waals surface area contributed by atoms with Gasteiger partial charge in [0, 0.05) is 0 Å². The van der Waals surface area contributed by atoms with Gasteiger partial charge in [0.25, 0.3) is 0 Å². The normalized spacial score (nSPS) is 11.9. The van der Waals surface area contributed by atoms with Gasteiger partial charge < -0.3 is 0 Å². The summed E-state index contributed by atoms with van der Waals surface area (Å²) in [5.41, 5.74) is 0. The molecule has 0 aliphatic carbocycles. The van der Waals surface area contributed by atoms with Gasteiger partial charge in [-0.3, -0.25) is 0 Å². The second kappa shape index (κ2) is 3.61. The molecule has 1 nitrogen and oxygen atoms in total. The van der Waals surface area contributed by atoms with Crippen molar-refractivity contribution in [1.29, 1.82) is 0 Å². The van der Waals surface area contributed by atoms with Gasteiger partial charge in [0.2, 0.25) is 0 Å². The van der Waals surface area contributed by atoms with Crippen molar-refractivity contribution in [3.05, 3.63) is 48.5 Å². The van der Waals surface area contributed by atoms with E-state index in [1.807, 2.05) is 12.1 Å². The average molecular weight is 240 g/mol. The molecule has 0 radical (unpaired) electrons. The first-order valence-electron chi connectivity index (χ1n) is 6.12. The molecule has 0 atom stereocenters. The van der Waals surface area contributed by atoms with Gasteiger partial charge in [-0.25, -0.2) is 0 Å². The second-order valence-electron chi connectivity index (χ2n) is 4.89. The van der Waals surface area contributed by atoms with E-state index in [4.69, 9.17) is 0 Å². The molecule has 1 N–H and O–H groups in total. The molecule has 0 saturated carbocycles. The van der Waals surface area contributed by atoms with Gasteiger partial charge in [-0.05, 0) is 0 Å². The zero-order valence-corrected chi connectivity index (χ0v) is 12.1. The Labute approximate surface area is 122 Å². The number of rotatable bonds is 0. The molecule has 4 rings (SSSR count). The van der Waals surface area contributed by atoms with Crippen molar-refractivity contribution >= 4 is 63.1 Å². The predicted molar refractivity (Wildman–Crippen MR) is 77.2 cm³/mol. The monoisotopic (exact) mass is 240 g/mol. The predicted octanol–water partition coefficient (Wildman–Crippen LogP) is 3.08. The molecule has 0 aliphatic rings. The maximum atomic E-state index is 10.1. The molecule has 4 aromatic carbocycles. The molecule has 0 aromatic heterocycles. The van der Waals surface area contributed by atoms with Crippen LogP contribution in [0.15, 0.2) is 48.5 Å². The van der Waals surface area contributed by atoms with Crippen LogP contribution in [0.2, 0.25) is 0 Å². The molecule has 4 aromatic rings. The summed E-state index contributed by atoms with van der Waals surface area (Å²) in [6, 6.07) is 16.8. The fourth-order valence-corrected chi connectivity index (χ4v) is 3.68. The third kappa shape index (κ3) is 1.27. The molecule has 18 heavy (non-hydrogen) atoms. The van der Waals surface area contributed by atoms with Crippen molar-refractivity contribution in [3.8, 4) is 5.75 Å². The maximum absolute atomic E-state index is 10.1. The molecular formula is C16H9NaO. The Morgan fingerprint density at radius 1 is 0.778 bits per heavy atom. The van der Waals surface area contributed by atoms with Gasteiger partial charge >= 0.3 is 122 Å². The average Bonchev–Trinajstić information content (AvgIpc) is 2.38. The van der Waals surface area contributed by atoms with Crippen molar-refractivity contribution in [2.75, 3.05) is 0 Å². The van der Waals surface area contributed by atoms with Crippen LogP contribution in [0.3, 0.4) is 0 Å². The van der Waals surface area contributed by atoms with Gasteiger partial charge in [0.05, 0.1) is 0 Å². The van der Waals surface area contributed by atoms with Crippen molar-refractivity contribution < 1.29 is 5.11 Å². The van der Waals surface area contributed by atoms with Crippen LogP contribution in [-0.4, -0.2) is 33.0 Å². The Hall–Kier alpha value is -1.28. The summed E-state index contributed by atoms with van der Waals surface area (Å²) in [4.78, 5) is 0. The summed E-state index contributed by atoms with van der Waals surface area (Å²) in [6.07, 6.45) is 0. The molecular weight excluding hydrogens is 231 g/mol. The van der Waals surface area contributed by atoms with E-state index in [0.717, 1.165) is 33.3 Å². The topological polar surface area (TPSA) is 20.2 Å². The van der Waals surface area contributed by atoms with Crippen LogP contribution in [0.4, 0.5) is 0 Å². The van der Waals surface area contributed by atoms with E-state index >= 15 is 0 Å². The molecule has 0 spiro atoms. The van der Waals surface area contributed by atoms with E-state index in [0.29, 0.717) is 5.75 Å². The van der Waals surface area contributed by atoms with E-state index < -0.39 is 0 Å². The Morgan fingerprint density at radius 2 is 1.44 bits per heavy atom. The number of benzene rings is 4. The van der Waals surface area contributed by atoms with Crippen molar-refractivity contribution in [2.24, 2.45) is 0 Å².